The molecule has 5 rings (SSSR count). The normalized spacial score (nSPS) is 22.1. The second-order valence-corrected chi connectivity index (χ2v) is 8.29. The maximum atomic E-state index is 14.1. The highest BCUT2D eigenvalue weighted by atomic mass is 16.6. The van der Waals surface area contributed by atoms with Crippen molar-refractivity contribution in [3.63, 3.8) is 0 Å². The van der Waals surface area contributed by atoms with Crippen molar-refractivity contribution in [1.29, 1.82) is 0 Å². The fraction of sp³-hybridized carbons (Fsp3) is 0.269. The Labute approximate surface area is 201 Å². The van der Waals surface area contributed by atoms with E-state index in [0.717, 1.165) is 0 Å². The molecule has 1 saturated heterocycles. The minimum atomic E-state index is -1.84. The largest absolute Gasteiger partial charge is 0.507 e. The predicted octanol–water partition coefficient (Wildman–Crippen LogP) is 2.21. The number of rotatable bonds is 6. The molecule has 0 bridgehead atoms. The number of aliphatic hydroxyl groups is 1. The van der Waals surface area contributed by atoms with Gasteiger partial charge in [-0.3, -0.25) is 14.4 Å². The zero-order valence-corrected chi connectivity index (χ0v) is 19.2. The van der Waals surface area contributed by atoms with Gasteiger partial charge in [-0.25, -0.2) is 0 Å². The number of hydrogen-bond donors (Lipinski definition) is 1. The Balaban J connectivity index is 1.78. The molecule has 2 aromatic carbocycles. The number of Topliss-reactive ketones (excluding diaryl/α,β-unsaturated/α-hetero) is 1. The lowest BCUT2D eigenvalue weighted by atomic mass is 9.82. The summed E-state index contributed by atoms with van der Waals surface area (Å²) in [5.74, 6) is -1.92. The van der Waals surface area contributed by atoms with Crippen LogP contribution in [-0.2, 0) is 24.7 Å². The summed E-state index contributed by atoms with van der Waals surface area (Å²) in [6.07, 6.45) is 1.57. The number of ether oxygens (including phenoxy) is 3. The molecule has 1 fully saturated rings. The van der Waals surface area contributed by atoms with Gasteiger partial charge in [-0.05, 0) is 24.3 Å². The molecule has 3 aliphatic heterocycles. The Morgan fingerprint density at radius 3 is 2.63 bits per heavy atom. The number of methoxy groups -OCH3 is 1. The monoisotopic (exact) mass is 476 g/mol. The van der Waals surface area contributed by atoms with E-state index in [1.54, 1.807) is 42.5 Å². The number of aliphatic hydroxyl groups excluding tert-OH is 1. The molecule has 1 atom stereocenters. The third kappa shape index (κ3) is 3.15. The number of amides is 2. The third-order valence-electron chi connectivity index (χ3n) is 6.46. The summed E-state index contributed by atoms with van der Waals surface area (Å²) in [6, 6.07) is 11.6. The Kier molecular flexibility index (Phi) is 5.56. The zero-order chi connectivity index (χ0) is 24.7. The van der Waals surface area contributed by atoms with E-state index >= 15 is 0 Å². The molecule has 2 amide bonds. The fourth-order valence-corrected chi connectivity index (χ4v) is 4.99. The van der Waals surface area contributed by atoms with Crippen LogP contribution in [0.5, 0.6) is 11.5 Å². The molecular weight excluding hydrogens is 452 g/mol. The van der Waals surface area contributed by atoms with Gasteiger partial charge in [-0.1, -0.05) is 24.3 Å². The lowest BCUT2D eigenvalue weighted by Crippen LogP contribution is -2.52. The van der Waals surface area contributed by atoms with E-state index in [4.69, 9.17) is 14.2 Å². The molecule has 0 aliphatic carbocycles. The summed E-state index contributed by atoms with van der Waals surface area (Å²) in [4.78, 5) is 43.6. The maximum Gasteiger partial charge on any atom is 0.296 e. The first-order chi connectivity index (χ1) is 17.0. The second kappa shape index (κ2) is 8.59. The van der Waals surface area contributed by atoms with Crippen LogP contribution in [0, 0.1) is 0 Å². The van der Waals surface area contributed by atoms with Crippen molar-refractivity contribution in [1.82, 2.24) is 4.90 Å². The number of fused-ring (bicyclic) bond motifs is 3. The summed E-state index contributed by atoms with van der Waals surface area (Å²) in [7, 11) is 1.47. The van der Waals surface area contributed by atoms with Crippen LogP contribution in [-0.4, -0.2) is 67.6 Å². The molecule has 0 radical (unpaired) electrons. The van der Waals surface area contributed by atoms with Crippen molar-refractivity contribution in [2.24, 2.45) is 0 Å². The van der Waals surface area contributed by atoms with E-state index in [0.29, 0.717) is 36.0 Å². The van der Waals surface area contributed by atoms with Crippen molar-refractivity contribution in [3.8, 4) is 11.5 Å². The average Bonchev–Trinajstić information content (AvgIpc) is 3.25. The summed E-state index contributed by atoms with van der Waals surface area (Å²) < 4.78 is 16.3. The standard InChI is InChI=1S/C26H24N2O7/c1-3-10-27-18-7-5-4-6-17(18)26(25(27)32)21(23(30)24(31)28(26)11-12-33-2)22(29)16-8-9-19-20(15-16)35-14-13-34-19/h3-9,15,29H,1,10-14H2,2H3/b22-21-. The quantitative estimate of drug-likeness (QED) is 0.295. The lowest BCUT2D eigenvalue weighted by molar-refractivity contribution is -0.144. The van der Waals surface area contributed by atoms with Crippen LogP contribution in [0.2, 0.25) is 0 Å². The molecule has 2 aromatic rings. The minimum Gasteiger partial charge on any atom is -0.507 e. The molecule has 9 heteroatoms. The van der Waals surface area contributed by atoms with Gasteiger partial charge in [0.2, 0.25) is 0 Å². The van der Waals surface area contributed by atoms with Crippen LogP contribution in [0.25, 0.3) is 5.76 Å². The predicted molar refractivity (Wildman–Crippen MR) is 126 cm³/mol. The van der Waals surface area contributed by atoms with E-state index in [1.165, 1.54) is 23.0 Å². The summed E-state index contributed by atoms with van der Waals surface area (Å²) in [5, 5.41) is 11.5. The number of carbonyl (C=O) groups excluding carboxylic acids is 3. The van der Waals surface area contributed by atoms with E-state index in [1.807, 2.05) is 0 Å². The first-order valence-electron chi connectivity index (χ1n) is 11.2. The molecule has 180 valence electrons. The molecule has 1 spiro atoms. The number of hydrogen-bond acceptors (Lipinski definition) is 7. The highest BCUT2D eigenvalue weighted by molar-refractivity contribution is 6.50. The first-order valence-corrected chi connectivity index (χ1v) is 11.2. The number of para-hydroxylation sites is 1. The van der Waals surface area contributed by atoms with Gasteiger partial charge in [0.05, 0.1) is 17.9 Å². The number of carbonyl (C=O) groups is 3. The van der Waals surface area contributed by atoms with Crippen LogP contribution < -0.4 is 14.4 Å². The van der Waals surface area contributed by atoms with Crippen LogP contribution in [0.3, 0.4) is 0 Å². The van der Waals surface area contributed by atoms with Crippen LogP contribution in [0.15, 0.2) is 60.7 Å². The highest BCUT2D eigenvalue weighted by Gasteiger charge is 2.66. The molecule has 1 N–H and O–H groups in total. The minimum absolute atomic E-state index is 0.0268. The van der Waals surface area contributed by atoms with Gasteiger partial charge < -0.3 is 29.1 Å². The smallest absolute Gasteiger partial charge is 0.296 e. The van der Waals surface area contributed by atoms with Gasteiger partial charge in [0.15, 0.2) is 17.0 Å². The Morgan fingerprint density at radius 1 is 1.14 bits per heavy atom. The Bertz CT molecular complexity index is 1280. The van der Waals surface area contributed by atoms with Gasteiger partial charge in [-0.2, -0.15) is 0 Å². The number of benzene rings is 2. The number of ketones is 1. The lowest BCUT2D eigenvalue weighted by Gasteiger charge is -2.34. The molecule has 35 heavy (non-hydrogen) atoms. The third-order valence-corrected chi connectivity index (χ3v) is 6.46. The molecule has 0 saturated carbocycles. The van der Waals surface area contributed by atoms with Crippen molar-refractivity contribution < 1.29 is 33.7 Å². The van der Waals surface area contributed by atoms with Crippen molar-refractivity contribution in [3.05, 3.63) is 71.8 Å². The first kappa shape index (κ1) is 22.7. The zero-order valence-electron chi connectivity index (χ0n) is 19.2. The average molecular weight is 476 g/mol. The van der Waals surface area contributed by atoms with Gasteiger partial charge in [0.25, 0.3) is 17.6 Å². The molecule has 9 nitrogen and oxygen atoms in total. The second-order valence-electron chi connectivity index (χ2n) is 8.29. The molecule has 0 aromatic heterocycles. The number of nitrogens with zero attached hydrogens (tertiary/aromatic N) is 2. The van der Waals surface area contributed by atoms with Crippen molar-refractivity contribution in [2.45, 2.75) is 5.54 Å². The molecule has 1 unspecified atom stereocenters. The summed E-state index contributed by atoms with van der Waals surface area (Å²) in [6.45, 7) is 4.70. The fourth-order valence-electron chi connectivity index (χ4n) is 4.99. The highest BCUT2D eigenvalue weighted by Crippen LogP contribution is 2.53. The van der Waals surface area contributed by atoms with E-state index in [-0.39, 0.29) is 30.8 Å². The van der Waals surface area contributed by atoms with Crippen LogP contribution in [0.4, 0.5) is 5.69 Å². The SMILES string of the molecule is C=CCN1C(=O)C2(/C(=C(\O)c3ccc4c(c3)OCCO4)C(=O)C(=O)N2CCOC)c2ccccc21. The van der Waals surface area contributed by atoms with Gasteiger partial charge in [0.1, 0.15) is 19.0 Å². The van der Waals surface area contributed by atoms with E-state index < -0.39 is 28.9 Å². The summed E-state index contributed by atoms with van der Waals surface area (Å²) in [5.41, 5.74) is -0.940. The van der Waals surface area contributed by atoms with Gasteiger partial charge >= 0.3 is 0 Å². The maximum absolute atomic E-state index is 14.1. The summed E-state index contributed by atoms with van der Waals surface area (Å²) >= 11 is 0. The number of likely N-dealkylation sites (tertiary alicyclic amines) is 1. The number of anilines is 1. The van der Waals surface area contributed by atoms with Crippen LogP contribution in [0.1, 0.15) is 11.1 Å². The van der Waals surface area contributed by atoms with Crippen molar-refractivity contribution in [2.75, 3.05) is 44.9 Å². The molecule has 3 heterocycles. The van der Waals surface area contributed by atoms with Gasteiger partial charge in [0, 0.05) is 31.3 Å². The topological polar surface area (TPSA) is 106 Å². The van der Waals surface area contributed by atoms with Crippen molar-refractivity contribution >= 4 is 29.0 Å². The Hall–Kier alpha value is -4.11. The van der Waals surface area contributed by atoms with E-state index in [2.05, 4.69) is 6.58 Å². The Morgan fingerprint density at radius 2 is 1.89 bits per heavy atom. The van der Waals surface area contributed by atoms with Crippen LogP contribution >= 0.6 is 0 Å². The molecule has 3 aliphatic rings. The van der Waals surface area contributed by atoms with E-state index in [9.17, 15) is 19.5 Å². The van der Waals surface area contributed by atoms with Gasteiger partial charge in [-0.15, -0.1) is 6.58 Å². The molecular formula is C26H24N2O7.